The molecule has 3 rings (SSSR count). The van der Waals surface area contributed by atoms with E-state index >= 15 is 0 Å². The second-order valence-electron chi connectivity index (χ2n) is 7.22. The molecule has 2 heterocycles. The SMILES string of the molecule is CN=C(NCC(=O)Nc1cccnc1)NCc1ccc(C)cc1OCC1CCOC1.I. The van der Waals surface area contributed by atoms with E-state index in [1.54, 1.807) is 31.6 Å². The zero-order valence-corrected chi connectivity index (χ0v) is 20.2. The molecule has 3 N–H and O–H groups in total. The summed E-state index contributed by atoms with van der Waals surface area (Å²) in [6.45, 7) is 4.89. The van der Waals surface area contributed by atoms with Gasteiger partial charge in [0.25, 0.3) is 0 Å². The van der Waals surface area contributed by atoms with Crippen LogP contribution in [0.2, 0.25) is 0 Å². The van der Waals surface area contributed by atoms with Crippen LogP contribution in [0.25, 0.3) is 0 Å². The molecule has 0 saturated carbocycles. The molecule has 1 atom stereocenters. The zero-order chi connectivity index (χ0) is 21.2. The van der Waals surface area contributed by atoms with Crippen LogP contribution in [0, 0.1) is 12.8 Å². The first kappa shape index (κ1) is 24.9. The lowest BCUT2D eigenvalue weighted by Crippen LogP contribution is -2.41. The molecule has 0 spiro atoms. The van der Waals surface area contributed by atoms with Crippen molar-refractivity contribution in [3.05, 3.63) is 53.9 Å². The van der Waals surface area contributed by atoms with Crippen molar-refractivity contribution >= 4 is 41.5 Å². The fraction of sp³-hybridized carbons (Fsp3) is 0.409. The lowest BCUT2D eigenvalue weighted by atomic mass is 10.1. The highest BCUT2D eigenvalue weighted by atomic mass is 127. The van der Waals surface area contributed by atoms with Gasteiger partial charge in [-0.25, -0.2) is 0 Å². The summed E-state index contributed by atoms with van der Waals surface area (Å²) in [6, 6.07) is 9.70. The summed E-state index contributed by atoms with van der Waals surface area (Å²) in [4.78, 5) is 20.3. The molecule has 1 unspecified atom stereocenters. The van der Waals surface area contributed by atoms with E-state index in [0.717, 1.165) is 36.5 Å². The monoisotopic (exact) mass is 539 g/mol. The molecule has 1 aliphatic rings. The number of hydrogen-bond donors (Lipinski definition) is 3. The van der Waals surface area contributed by atoms with Crippen LogP contribution < -0.4 is 20.7 Å². The minimum absolute atomic E-state index is 0. The van der Waals surface area contributed by atoms with E-state index in [0.29, 0.717) is 30.7 Å². The second kappa shape index (κ2) is 13.1. The van der Waals surface area contributed by atoms with Gasteiger partial charge in [0.2, 0.25) is 5.91 Å². The summed E-state index contributed by atoms with van der Waals surface area (Å²) >= 11 is 0. The molecular formula is C22H30IN5O3. The number of aryl methyl sites for hydroxylation is 1. The molecule has 0 radical (unpaired) electrons. The van der Waals surface area contributed by atoms with E-state index in [2.05, 4.69) is 32.0 Å². The van der Waals surface area contributed by atoms with Gasteiger partial charge in [-0.3, -0.25) is 14.8 Å². The standard InChI is InChI=1S/C22H29N5O3.HI/c1-16-5-6-18(20(10-16)30-15-17-7-9-29-14-17)11-25-22(23-2)26-13-21(28)27-19-4-3-8-24-12-19;/h3-6,8,10,12,17H,7,9,11,13-15H2,1-2H3,(H,27,28)(H2,23,25,26);1H. The van der Waals surface area contributed by atoms with E-state index in [9.17, 15) is 4.79 Å². The number of aliphatic imine (C=N–C) groups is 1. The highest BCUT2D eigenvalue weighted by Crippen LogP contribution is 2.22. The number of nitrogens with one attached hydrogen (secondary N) is 3. The number of anilines is 1. The van der Waals surface area contributed by atoms with E-state index in [1.807, 2.05) is 19.1 Å². The molecule has 1 fully saturated rings. The molecule has 9 heteroatoms. The van der Waals surface area contributed by atoms with E-state index in [4.69, 9.17) is 9.47 Å². The van der Waals surface area contributed by atoms with Gasteiger partial charge in [-0.05, 0) is 37.1 Å². The number of pyridine rings is 1. The minimum atomic E-state index is -0.177. The normalized spacial score (nSPS) is 15.7. The van der Waals surface area contributed by atoms with Crippen molar-refractivity contribution in [2.75, 3.05) is 38.7 Å². The maximum atomic E-state index is 12.1. The molecule has 31 heavy (non-hydrogen) atoms. The number of ether oxygens (including phenoxy) is 2. The molecular weight excluding hydrogens is 509 g/mol. The minimum Gasteiger partial charge on any atom is -0.493 e. The van der Waals surface area contributed by atoms with Crippen LogP contribution in [0.3, 0.4) is 0 Å². The van der Waals surface area contributed by atoms with Gasteiger partial charge in [-0.15, -0.1) is 24.0 Å². The number of nitrogens with zero attached hydrogens (tertiary/aromatic N) is 2. The Bertz CT molecular complexity index is 857. The summed E-state index contributed by atoms with van der Waals surface area (Å²) in [6.07, 6.45) is 4.29. The maximum Gasteiger partial charge on any atom is 0.243 e. The molecule has 0 bridgehead atoms. The predicted molar refractivity (Wildman–Crippen MR) is 132 cm³/mol. The number of halogens is 1. The predicted octanol–water partition coefficient (Wildman–Crippen LogP) is 2.73. The van der Waals surface area contributed by atoms with E-state index in [1.165, 1.54) is 0 Å². The number of carbonyl (C=O) groups excluding carboxylic acids is 1. The van der Waals surface area contributed by atoms with Gasteiger partial charge < -0.3 is 25.4 Å². The Labute approximate surface area is 200 Å². The van der Waals surface area contributed by atoms with Crippen molar-refractivity contribution in [2.45, 2.75) is 19.9 Å². The number of carbonyl (C=O) groups is 1. The average molecular weight is 539 g/mol. The second-order valence-corrected chi connectivity index (χ2v) is 7.22. The van der Waals surface area contributed by atoms with Crippen LogP contribution in [0.1, 0.15) is 17.5 Å². The summed E-state index contributed by atoms with van der Waals surface area (Å²) in [5.74, 6) is 1.66. The van der Waals surface area contributed by atoms with E-state index in [-0.39, 0.29) is 36.4 Å². The van der Waals surface area contributed by atoms with Crippen molar-refractivity contribution in [1.82, 2.24) is 15.6 Å². The topological polar surface area (TPSA) is 96.9 Å². The molecule has 1 aliphatic heterocycles. The van der Waals surface area contributed by atoms with Gasteiger partial charge in [-0.2, -0.15) is 0 Å². The first-order valence-corrected chi connectivity index (χ1v) is 10.1. The van der Waals surface area contributed by atoms with Gasteiger partial charge in [0, 0.05) is 37.9 Å². The van der Waals surface area contributed by atoms with Crippen molar-refractivity contribution in [1.29, 1.82) is 0 Å². The number of aromatic nitrogens is 1. The Kier molecular flexibility index (Phi) is 10.5. The molecule has 8 nitrogen and oxygen atoms in total. The maximum absolute atomic E-state index is 12.1. The van der Waals surface area contributed by atoms with Crippen molar-refractivity contribution in [3.63, 3.8) is 0 Å². The van der Waals surface area contributed by atoms with Gasteiger partial charge in [0.05, 0.1) is 31.6 Å². The van der Waals surface area contributed by atoms with Crippen LogP contribution in [-0.2, 0) is 16.1 Å². The summed E-state index contributed by atoms with van der Waals surface area (Å²) in [5.41, 5.74) is 2.83. The first-order chi connectivity index (χ1) is 14.6. The third-order valence-corrected chi connectivity index (χ3v) is 4.75. The highest BCUT2D eigenvalue weighted by molar-refractivity contribution is 14.0. The molecule has 168 valence electrons. The van der Waals surface area contributed by atoms with Crippen molar-refractivity contribution in [2.24, 2.45) is 10.9 Å². The van der Waals surface area contributed by atoms with Crippen LogP contribution in [0.4, 0.5) is 5.69 Å². The molecule has 0 aliphatic carbocycles. The summed E-state index contributed by atoms with van der Waals surface area (Å²) in [7, 11) is 1.67. The van der Waals surface area contributed by atoms with Crippen LogP contribution in [0.5, 0.6) is 5.75 Å². The quantitative estimate of drug-likeness (QED) is 0.271. The fourth-order valence-electron chi connectivity index (χ4n) is 3.07. The molecule has 1 amide bonds. The third kappa shape index (κ3) is 8.33. The third-order valence-electron chi connectivity index (χ3n) is 4.75. The summed E-state index contributed by atoms with van der Waals surface area (Å²) in [5, 5.41) is 9.03. The van der Waals surface area contributed by atoms with Gasteiger partial charge in [0.1, 0.15) is 5.75 Å². The Morgan fingerprint density at radius 3 is 2.90 bits per heavy atom. The largest absolute Gasteiger partial charge is 0.493 e. The Morgan fingerprint density at radius 1 is 1.32 bits per heavy atom. The molecule has 1 saturated heterocycles. The summed E-state index contributed by atoms with van der Waals surface area (Å²) < 4.78 is 11.5. The zero-order valence-electron chi connectivity index (χ0n) is 17.9. The van der Waals surface area contributed by atoms with Crippen LogP contribution in [-0.4, -0.2) is 50.3 Å². The van der Waals surface area contributed by atoms with Gasteiger partial charge >= 0.3 is 0 Å². The molecule has 2 aromatic rings. The number of guanidine groups is 1. The van der Waals surface area contributed by atoms with E-state index < -0.39 is 0 Å². The number of rotatable bonds is 8. The fourth-order valence-corrected chi connectivity index (χ4v) is 3.07. The average Bonchev–Trinajstić information content (AvgIpc) is 3.28. The number of benzene rings is 1. The van der Waals surface area contributed by atoms with Gasteiger partial charge in [-0.1, -0.05) is 12.1 Å². The van der Waals surface area contributed by atoms with Crippen LogP contribution in [0.15, 0.2) is 47.7 Å². The number of amides is 1. The van der Waals surface area contributed by atoms with Crippen LogP contribution >= 0.6 is 24.0 Å². The Hall–Kier alpha value is -2.40. The Morgan fingerprint density at radius 2 is 2.19 bits per heavy atom. The van der Waals surface area contributed by atoms with Gasteiger partial charge in [0.15, 0.2) is 5.96 Å². The van der Waals surface area contributed by atoms with Crippen molar-refractivity contribution in [3.8, 4) is 5.75 Å². The molecule has 1 aromatic heterocycles. The lowest BCUT2D eigenvalue weighted by molar-refractivity contribution is -0.115. The lowest BCUT2D eigenvalue weighted by Gasteiger charge is -2.17. The Balaban J connectivity index is 0.00000341. The number of hydrogen-bond acceptors (Lipinski definition) is 5. The highest BCUT2D eigenvalue weighted by Gasteiger charge is 2.17. The molecule has 1 aromatic carbocycles. The van der Waals surface area contributed by atoms with Crippen molar-refractivity contribution < 1.29 is 14.3 Å². The first-order valence-electron chi connectivity index (χ1n) is 10.1. The smallest absolute Gasteiger partial charge is 0.243 e.